The van der Waals surface area contributed by atoms with Crippen LogP contribution in [0.3, 0.4) is 0 Å². The van der Waals surface area contributed by atoms with E-state index in [4.69, 9.17) is 10.2 Å². The van der Waals surface area contributed by atoms with E-state index in [1.807, 2.05) is 0 Å². The molecule has 5 nitrogen and oxygen atoms in total. The molecule has 0 aliphatic rings. The molecule has 0 aromatic carbocycles. The Hall–Kier alpha value is -1.36. The highest BCUT2D eigenvalue weighted by molar-refractivity contribution is 5.90. The van der Waals surface area contributed by atoms with Gasteiger partial charge in [0.05, 0.1) is 6.54 Å². The average molecular weight is 155 g/mol. The topological polar surface area (TPSA) is 81.1 Å². The molecule has 0 unspecified atom stereocenters. The Morgan fingerprint density at radius 3 is 3.09 bits per heavy atom. The first kappa shape index (κ1) is 7.74. The third-order valence-electron chi connectivity index (χ3n) is 1.13. The lowest BCUT2D eigenvalue weighted by atomic mass is 10.5. The quantitative estimate of drug-likeness (QED) is 0.616. The van der Waals surface area contributed by atoms with Crippen molar-refractivity contribution in [3.63, 3.8) is 0 Å². The molecule has 60 valence electrons. The monoisotopic (exact) mass is 155 g/mol. The number of primary amides is 1. The lowest BCUT2D eigenvalue weighted by molar-refractivity contribution is 0.0995. The van der Waals surface area contributed by atoms with Gasteiger partial charge in [0, 0.05) is 0 Å². The van der Waals surface area contributed by atoms with E-state index < -0.39 is 5.91 Å². The van der Waals surface area contributed by atoms with Crippen LogP contribution in [-0.2, 0) is 6.54 Å². The first-order valence-corrected chi connectivity index (χ1v) is 3.13. The van der Waals surface area contributed by atoms with Gasteiger partial charge in [0.25, 0.3) is 5.91 Å². The van der Waals surface area contributed by atoms with Crippen molar-refractivity contribution >= 4 is 5.91 Å². The third-order valence-corrected chi connectivity index (χ3v) is 1.13. The highest BCUT2D eigenvalue weighted by atomic mass is 16.3. The van der Waals surface area contributed by atoms with Crippen LogP contribution in [0.1, 0.15) is 16.4 Å². The van der Waals surface area contributed by atoms with Gasteiger partial charge >= 0.3 is 0 Å². The summed E-state index contributed by atoms with van der Waals surface area (Å²) >= 11 is 0. The maximum absolute atomic E-state index is 10.5. The van der Waals surface area contributed by atoms with Gasteiger partial charge in [-0.05, 0) is 7.05 Å². The van der Waals surface area contributed by atoms with Crippen LogP contribution in [0, 0.1) is 0 Å². The Morgan fingerprint density at radius 2 is 2.64 bits per heavy atom. The summed E-state index contributed by atoms with van der Waals surface area (Å²) in [7, 11) is 1.76. The number of amides is 1. The molecule has 0 spiro atoms. The number of oxazole rings is 1. The van der Waals surface area contributed by atoms with Gasteiger partial charge in [0.2, 0.25) is 5.89 Å². The Kier molecular flexibility index (Phi) is 2.22. The molecule has 1 heterocycles. The van der Waals surface area contributed by atoms with Crippen molar-refractivity contribution in [1.82, 2.24) is 10.3 Å². The SMILES string of the molecule is CNCc1nc(C(N)=O)co1. The van der Waals surface area contributed by atoms with E-state index in [2.05, 4.69) is 10.3 Å². The summed E-state index contributed by atoms with van der Waals surface area (Å²) in [6.45, 7) is 0.493. The summed E-state index contributed by atoms with van der Waals surface area (Å²) in [5, 5.41) is 2.83. The minimum Gasteiger partial charge on any atom is -0.447 e. The molecule has 3 N–H and O–H groups in total. The van der Waals surface area contributed by atoms with Crippen LogP contribution >= 0.6 is 0 Å². The molecule has 5 heteroatoms. The van der Waals surface area contributed by atoms with Crippen LogP contribution in [0.4, 0.5) is 0 Å². The van der Waals surface area contributed by atoms with Crippen molar-refractivity contribution in [2.24, 2.45) is 5.73 Å². The lowest BCUT2D eigenvalue weighted by Gasteiger charge is -1.88. The number of nitrogens with two attached hydrogens (primary N) is 1. The van der Waals surface area contributed by atoms with Gasteiger partial charge in [-0.2, -0.15) is 0 Å². The summed E-state index contributed by atoms with van der Waals surface area (Å²) < 4.78 is 4.89. The number of nitrogens with one attached hydrogen (secondary N) is 1. The number of carbonyl (C=O) groups excluding carboxylic acids is 1. The van der Waals surface area contributed by atoms with Crippen LogP contribution in [-0.4, -0.2) is 17.9 Å². The Balaban J connectivity index is 2.73. The van der Waals surface area contributed by atoms with Gasteiger partial charge in [-0.15, -0.1) is 0 Å². The molecular formula is C6H9N3O2. The lowest BCUT2D eigenvalue weighted by Crippen LogP contribution is -2.12. The summed E-state index contributed by atoms with van der Waals surface area (Å²) in [6, 6.07) is 0. The van der Waals surface area contributed by atoms with Gasteiger partial charge in [-0.3, -0.25) is 4.79 Å². The molecule has 0 aliphatic heterocycles. The van der Waals surface area contributed by atoms with Crippen LogP contribution in [0.25, 0.3) is 0 Å². The van der Waals surface area contributed by atoms with E-state index in [0.29, 0.717) is 12.4 Å². The number of hydrogen-bond donors (Lipinski definition) is 2. The van der Waals surface area contributed by atoms with E-state index in [1.165, 1.54) is 6.26 Å². The molecule has 1 aromatic heterocycles. The molecule has 0 atom stereocenters. The van der Waals surface area contributed by atoms with Gasteiger partial charge < -0.3 is 15.5 Å². The fourth-order valence-electron chi connectivity index (χ4n) is 0.656. The molecule has 0 aliphatic carbocycles. The molecule has 1 rings (SSSR count). The van der Waals surface area contributed by atoms with Crippen LogP contribution in [0.15, 0.2) is 10.7 Å². The number of nitrogens with zero attached hydrogens (tertiary/aromatic N) is 1. The normalized spacial score (nSPS) is 9.91. The average Bonchev–Trinajstić information content (AvgIpc) is 2.37. The molecule has 0 radical (unpaired) electrons. The highest BCUT2D eigenvalue weighted by Gasteiger charge is 2.06. The predicted octanol–water partition coefficient (Wildman–Crippen LogP) is -0.507. The summed E-state index contributed by atoms with van der Waals surface area (Å²) in [5.74, 6) is -0.114. The second-order valence-electron chi connectivity index (χ2n) is 2.02. The van der Waals surface area contributed by atoms with Crippen LogP contribution < -0.4 is 11.1 Å². The predicted molar refractivity (Wildman–Crippen MR) is 37.8 cm³/mol. The van der Waals surface area contributed by atoms with E-state index in [1.54, 1.807) is 7.05 Å². The van der Waals surface area contributed by atoms with E-state index in [0.717, 1.165) is 0 Å². The standard InChI is InChI=1S/C6H9N3O2/c1-8-2-5-9-4(3-11-5)6(7)10/h3,8H,2H2,1H3,(H2,7,10). The molecule has 0 saturated heterocycles. The summed E-state index contributed by atoms with van der Waals surface area (Å²) in [5.41, 5.74) is 5.10. The second kappa shape index (κ2) is 3.16. The number of hydrogen-bond acceptors (Lipinski definition) is 4. The van der Waals surface area contributed by atoms with Crippen LogP contribution in [0.5, 0.6) is 0 Å². The van der Waals surface area contributed by atoms with Gasteiger partial charge in [0.1, 0.15) is 6.26 Å². The van der Waals surface area contributed by atoms with Crippen LogP contribution in [0.2, 0.25) is 0 Å². The molecular weight excluding hydrogens is 146 g/mol. The van der Waals surface area contributed by atoms with Gasteiger partial charge in [0.15, 0.2) is 5.69 Å². The van der Waals surface area contributed by atoms with Crippen molar-refractivity contribution in [1.29, 1.82) is 0 Å². The zero-order valence-electron chi connectivity index (χ0n) is 6.13. The molecule has 0 saturated carbocycles. The number of rotatable bonds is 3. The maximum atomic E-state index is 10.5. The van der Waals surface area contributed by atoms with Gasteiger partial charge in [-0.25, -0.2) is 4.98 Å². The third kappa shape index (κ3) is 1.78. The fourth-order valence-corrected chi connectivity index (χ4v) is 0.656. The van der Waals surface area contributed by atoms with Crippen molar-refractivity contribution in [2.75, 3.05) is 7.05 Å². The number of carbonyl (C=O) groups is 1. The van der Waals surface area contributed by atoms with Crippen molar-refractivity contribution in [3.8, 4) is 0 Å². The van der Waals surface area contributed by atoms with E-state index >= 15 is 0 Å². The summed E-state index contributed by atoms with van der Waals surface area (Å²) in [4.78, 5) is 14.3. The Morgan fingerprint density at radius 1 is 1.91 bits per heavy atom. The van der Waals surface area contributed by atoms with Crippen molar-refractivity contribution in [3.05, 3.63) is 17.8 Å². The molecule has 1 aromatic rings. The maximum Gasteiger partial charge on any atom is 0.270 e. The molecule has 11 heavy (non-hydrogen) atoms. The Labute approximate surface area is 63.6 Å². The minimum absolute atomic E-state index is 0.162. The zero-order chi connectivity index (χ0) is 8.27. The smallest absolute Gasteiger partial charge is 0.270 e. The largest absolute Gasteiger partial charge is 0.447 e. The molecule has 1 amide bonds. The minimum atomic E-state index is -0.573. The highest BCUT2D eigenvalue weighted by Crippen LogP contribution is 1.99. The van der Waals surface area contributed by atoms with E-state index in [-0.39, 0.29) is 5.69 Å². The molecule has 0 fully saturated rings. The van der Waals surface area contributed by atoms with E-state index in [9.17, 15) is 4.79 Å². The second-order valence-corrected chi connectivity index (χ2v) is 2.02. The number of aromatic nitrogens is 1. The summed E-state index contributed by atoms with van der Waals surface area (Å²) in [6.07, 6.45) is 1.25. The Bertz CT molecular complexity index is 256. The fraction of sp³-hybridized carbons (Fsp3) is 0.333. The zero-order valence-corrected chi connectivity index (χ0v) is 6.13. The first-order valence-electron chi connectivity index (χ1n) is 3.13. The van der Waals surface area contributed by atoms with Gasteiger partial charge in [-0.1, -0.05) is 0 Å². The van der Waals surface area contributed by atoms with Crippen molar-refractivity contribution in [2.45, 2.75) is 6.54 Å². The first-order chi connectivity index (χ1) is 5.24. The van der Waals surface area contributed by atoms with Crippen molar-refractivity contribution < 1.29 is 9.21 Å². The molecule has 0 bridgehead atoms.